The monoisotopic (exact) mass is 337 g/mol. The third-order valence-corrected chi connectivity index (χ3v) is 3.34. The van der Waals surface area contributed by atoms with Crippen molar-refractivity contribution in [3.05, 3.63) is 58.9 Å². The maximum Gasteiger partial charge on any atom is 0.359 e. The van der Waals surface area contributed by atoms with Crippen molar-refractivity contribution in [1.82, 2.24) is 14.9 Å². The lowest BCUT2D eigenvalue weighted by molar-refractivity contribution is -0.133. The van der Waals surface area contributed by atoms with Crippen LogP contribution in [0.3, 0.4) is 0 Å². The largest absolute Gasteiger partial charge is 0.451 e. The maximum atomic E-state index is 13.7. The zero-order valence-corrected chi connectivity index (χ0v) is 13.0. The van der Waals surface area contributed by atoms with Crippen LogP contribution in [0.25, 0.3) is 0 Å². The summed E-state index contributed by atoms with van der Waals surface area (Å²) in [5.74, 6) is -1.76. The summed E-state index contributed by atoms with van der Waals surface area (Å²) in [6.07, 6.45) is 3.98. The van der Waals surface area contributed by atoms with Crippen LogP contribution in [0, 0.1) is 5.82 Å². The summed E-state index contributed by atoms with van der Waals surface area (Å²) in [5.41, 5.74) is 0.199. The van der Waals surface area contributed by atoms with Gasteiger partial charge >= 0.3 is 5.97 Å². The highest BCUT2D eigenvalue weighted by atomic mass is 35.5. The van der Waals surface area contributed by atoms with Gasteiger partial charge in [-0.05, 0) is 12.1 Å². The van der Waals surface area contributed by atoms with Gasteiger partial charge in [0.1, 0.15) is 5.82 Å². The van der Waals surface area contributed by atoms with Crippen molar-refractivity contribution in [1.29, 1.82) is 0 Å². The van der Waals surface area contributed by atoms with Crippen LogP contribution in [0.2, 0.25) is 5.02 Å². The quantitative estimate of drug-likeness (QED) is 0.781. The smallest absolute Gasteiger partial charge is 0.359 e. The molecule has 0 spiro atoms. The fourth-order valence-corrected chi connectivity index (χ4v) is 1.95. The number of amides is 1. The highest BCUT2D eigenvalue weighted by molar-refractivity contribution is 6.31. The van der Waals surface area contributed by atoms with E-state index in [9.17, 15) is 14.0 Å². The molecular formula is C15H13ClFN3O3. The number of ether oxygens (including phenoxy) is 1. The first-order valence-electron chi connectivity index (χ1n) is 6.59. The van der Waals surface area contributed by atoms with Gasteiger partial charge in [-0.3, -0.25) is 9.78 Å². The van der Waals surface area contributed by atoms with Crippen LogP contribution in [-0.4, -0.2) is 40.4 Å². The Morgan fingerprint density at radius 3 is 2.78 bits per heavy atom. The molecule has 0 saturated heterocycles. The molecule has 0 N–H and O–H groups in total. The molecule has 0 bridgehead atoms. The van der Waals surface area contributed by atoms with Gasteiger partial charge in [0.05, 0.1) is 6.20 Å². The highest BCUT2D eigenvalue weighted by Gasteiger charge is 2.17. The maximum absolute atomic E-state index is 13.7. The number of hydrogen-bond donors (Lipinski definition) is 0. The Balaban J connectivity index is 1.92. The summed E-state index contributed by atoms with van der Waals surface area (Å²) in [5, 5.41) is 0.223. The van der Waals surface area contributed by atoms with Gasteiger partial charge in [-0.15, -0.1) is 0 Å². The van der Waals surface area contributed by atoms with Gasteiger partial charge in [-0.1, -0.05) is 17.7 Å². The molecule has 8 heteroatoms. The van der Waals surface area contributed by atoms with E-state index in [0.29, 0.717) is 0 Å². The Hall–Kier alpha value is -2.54. The molecule has 0 aliphatic heterocycles. The topological polar surface area (TPSA) is 72.4 Å². The van der Waals surface area contributed by atoms with E-state index in [4.69, 9.17) is 16.3 Å². The minimum Gasteiger partial charge on any atom is -0.451 e. The molecule has 0 radical (unpaired) electrons. The molecule has 0 aliphatic carbocycles. The lowest BCUT2D eigenvalue weighted by Gasteiger charge is -2.18. The van der Waals surface area contributed by atoms with Gasteiger partial charge in [0.2, 0.25) is 0 Å². The second-order valence-electron chi connectivity index (χ2n) is 4.62. The summed E-state index contributed by atoms with van der Waals surface area (Å²) in [7, 11) is 1.46. The molecule has 0 fully saturated rings. The number of esters is 1. The number of hydrogen-bond acceptors (Lipinski definition) is 5. The molecule has 0 aliphatic rings. The second kappa shape index (κ2) is 7.64. The van der Waals surface area contributed by atoms with E-state index in [1.807, 2.05) is 0 Å². The minimum atomic E-state index is -0.760. The van der Waals surface area contributed by atoms with E-state index in [2.05, 4.69) is 9.97 Å². The van der Waals surface area contributed by atoms with Crippen molar-refractivity contribution in [2.75, 3.05) is 13.7 Å². The normalized spacial score (nSPS) is 10.2. The molecule has 0 saturated carbocycles. The number of halogens is 2. The average molecular weight is 338 g/mol. The Labute approximate surface area is 136 Å². The summed E-state index contributed by atoms with van der Waals surface area (Å²) in [4.78, 5) is 32.3. The molecule has 23 heavy (non-hydrogen) atoms. The minimum absolute atomic E-state index is 0.0000938. The van der Waals surface area contributed by atoms with Crippen LogP contribution in [0.4, 0.5) is 4.39 Å². The number of aromatic nitrogens is 2. The van der Waals surface area contributed by atoms with Crippen LogP contribution >= 0.6 is 11.6 Å². The van der Waals surface area contributed by atoms with Gasteiger partial charge in [0, 0.05) is 36.6 Å². The molecule has 1 aromatic carbocycles. The van der Waals surface area contributed by atoms with Gasteiger partial charge in [0.15, 0.2) is 12.3 Å². The Morgan fingerprint density at radius 1 is 1.35 bits per heavy atom. The number of benzene rings is 1. The van der Waals surface area contributed by atoms with Crippen molar-refractivity contribution in [3.8, 4) is 0 Å². The summed E-state index contributed by atoms with van der Waals surface area (Å²) in [6.45, 7) is -0.523. The zero-order valence-electron chi connectivity index (χ0n) is 12.2. The average Bonchev–Trinajstić information content (AvgIpc) is 2.56. The summed E-state index contributed by atoms with van der Waals surface area (Å²) >= 11 is 5.91. The lowest BCUT2D eigenvalue weighted by atomic mass is 10.2. The molecular weight excluding hydrogens is 325 g/mol. The van der Waals surface area contributed by atoms with Crippen molar-refractivity contribution >= 4 is 23.5 Å². The SMILES string of the molecule is CN(Cc1c(F)cccc1Cl)C(=O)COC(=O)c1cnccn1. The highest BCUT2D eigenvalue weighted by Crippen LogP contribution is 2.20. The van der Waals surface area contributed by atoms with Crippen LogP contribution < -0.4 is 0 Å². The summed E-state index contributed by atoms with van der Waals surface area (Å²) < 4.78 is 18.5. The molecule has 1 aromatic heterocycles. The lowest BCUT2D eigenvalue weighted by Crippen LogP contribution is -2.31. The Kier molecular flexibility index (Phi) is 5.59. The number of likely N-dealkylation sites (N-methyl/N-ethyl adjacent to an activating group) is 1. The molecule has 120 valence electrons. The van der Waals surface area contributed by atoms with Gasteiger partial charge in [0.25, 0.3) is 5.91 Å². The molecule has 2 aromatic rings. The molecule has 0 atom stereocenters. The summed E-state index contributed by atoms with van der Waals surface area (Å²) in [6, 6.07) is 4.27. The van der Waals surface area contributed by atoms with E-state index in [0.717, 1.165) is 0 Å². The van der Waals surface area contributed by atoms with Crippen molar-refractivity contribution < 1.29 is 18.7 Å². The van der Waals surface area contributed by atoms with Crippen LogP contribution in [0.5, 0.6) is 0 Å². The van der Waals surface area contributed by atoms with Crippen LogP contribution in [0.15, 0.2) is 36.8 Å². The first-order valence-corrected chi connectivity index (χ1v) is 6.97. The predicted octanol–water partition coefficient (Wildman–Crippen LogP) is 2.08. The first kappa shape index (κ1) is 16.8. The van der Waals surface area contributed by atoms with Gasteiger partial charge in [-0.2, -0.15) is 0 Å². The molecule has 1 heterocycles. The molecule has 2 rings (SSSR count). The van der Waals surface area contributed by atoms with E-state index in [-0.39, 0.29) is 22.8 Å². The molecule has 6 nitrogen and oxygen atoms in total. The zero-order chi connectivity index (χ0) is 16.8. The predicted molar refractivity (Wildman–Crippen MR) is 80.2 cm³/mol. The van der Waals surface area contributed by atoms with Gasteiger partial charge in [-0.25, -0.2) is 14.2 Å². The number of nitrogens with zero attached hydrogens (tertiary/aromatic N) is 3. The first-order chi connectivity index (χ1) is 11.0. The van der Waals surface area contributed by atoms with E-state index >= 15 is 0 Å². The molecule has 1 amide bonds. The fourth-order valence-electron chi connectivity index (χ4n) is 1.72. The van der Waals surface area contributed by atoms with Crippen molar-refractivity contribution in [2.24, 2.45) is 0 Å². The van der Waals surface area contributed by atoms with E-state index in [1.54, 1.807) is 0 Å². The number of carbonyl (C=O) groups excluding carboxylic acids is 2. The second-order valence-corrected chi connectivity index (χ2v) is 5.02. The number of rotatable bonds is 5. The van der Waals surface area contributed by atoms with Crippen LogP contribution in [-0.2, 0) is 16.1 Å². The Bertz CT molecular complexity index is 692. The van der Waals surface area contributed by atoms with E-state index < -0.39 is 24.3 Å². The third kappa shape index (κ3) is 4.46. The molecule has 0 unspecified atom stereocenters. The standard InChI is InChI=1S/C15H13ClFN3O3/c1-20(8-10-11(16)3-2-4-12(10)17)14(21)9-23-15(22)13-7-18-5-6-19-13/h2-7H,8-9H2,1H3. The van der Waals surface area contributed by atoms with Crippen LogP contribution in [0.1, 0.15) is 16.1 Å². The van der Waals surface area contributed by atoms with Crippen molar-refractivity contribution in [2.45, 2.75) is 6.54 Å². The van der Waals surface area contributed by atoms with Crippen molar-refractivity contribution in [3.63, 3.8) is 0 Å². The fraction of sp³-hybridized carbons (Fsp3) is 0.200. The van der Waals surface area contributed by atoms with Gasteiger partial charge < -0.3 is 9.64 Å². The Morgan fingerprint density at radius 2 is 2.13 bits per heavy atom. The van der Waals surface area contributed by atoms with E-state index in [1.165, 1.54) is 48.7 Å². The third-order valence-electron chi connectivity index (χ3n) is 2.98. The number of carbonyl (C=O) groups is 2.